The van der Waals surface area contributed by atoms with Crippen molar-refractivity contribution in [2.45, 2.75) is 32.4 Å². The smallest absolute Gasteiger partial charge is 0.237 e. The van der Waals surface area contributed by atoms with E-state index in [2.05, 4.69) is 15.8 Å². The summed E-state index contributed by atoms with van der Waals surface area (Å²) in [5, 5.41) is 9.78. The van der Waals surface area contributed by atoms with Gasteiger partial charge in [-0.1, -0.05) is 5.16 Å². The Morgan fingerprint density at radius 2 is 2.67 bits per heavy atom. The number of aryl methyl sites for hydroxylation is 1. The van der Waals surface area contributed by atoms with Crippen molar-refractivity contribution in [3.63, 3.8) is 0 Å². The number of nitrogens with one attached hydrogen (secondary N) is 2. The monoisotopic (exact) mass is 209 g/mol. The summed E-state index contributed by atoms with van der Waals surface area (Å²) >= 11 is 0. The highest BCUT2D eigenvalue weighted by molar-refractivity contribution is 5.81. The lowest BCUT2D eigenvalue weighted by Gasteiger charge is -2.09. The van der Waals surface area contributed by atoms with E-state index in [0.717, 1.165) is 30.8 Å². The van der Waals surface area contributed by atoms with Gasteiger partial charge in [0.25, 0.3) is 0 Å². The molecule has 2 rings (SSSR count). The minimum atomic E-state index is -0.0296. The Labute approximate surface area is 88.2 Å². The highest BCUT2D eigenvalue weighted by Gasteiger charge is 2.21. The Kier molecular flexibility index (Phi) is 3.01. The van der Waals surface area contributed by atoms with E-state index in [0.29, 0.717) is 6.54 Å². The van der Waals surface area contributed by atoms with Gasteiger partial charge in [-0.25, -0.2) is 0 Å². The number of carbonyl (C=O) groups excluding carboxylic acids is 1. The standard InChI is InChI=1S/C10H15N3O2/c1-7-5-8(13-15-7)6-12-10(14)9-3-2-4-11-9/h5,9,11H,2-4,6H2,1H3,(H,12,14). The zero-order valence-corrected chi connectivity index (χ0v) is 8.75. The first-order valence-electron chi connectivity index (χ1n) is 5.19. The van der Waals surface area contributed by atoms with Crippen LogP contribution in [0.4, 0.5) is 0 Å². The molecule has 0 spiro atoms. The van der Waals surface area contributed by atoms with Crippen molar-refractivity contribution < 1.29 is 9.32 Å². The zero-order chi connectivity index (χ0) is 10.7. The van der Waals surface area contributed by atoms with Crippen LogP contribution in [-0.4, -0.2) is 23.7 Å². The van der Waals surface area contributed by atoms with Crippen molar-refractivity contribution in [3.05, 3.63) is 17.5 Å². The van der Waals surface area contributed by atoms with Crippen molar-refractivity contribution in [3.8, 4) is 0 Å². The number of hydrogen-bond donors (Lipinski definition) is 2. The fourth-order valence-corrected chi connectivity index (χ4v) is 1.71. The molecule has 15 heavy (non-hydrogen) atoms. The first-order chi connectivity index (χ1) is 7.25. The van der Waals surface area contributed by atoms with Gasteiger partial charge < -0.3 is 15.2 Å². The second-order valence-electron chi connectivity index (χ2n) is 3.80. The molecule has 0 bridgehead atoms. The molecule has 1 fully saturated rings. The van der Waals surface area contributed by atoms with Crippen LogP contribution in [0.15, 0.2) is 10.6 Å². The fourth-order valence-electron chi connectivity index (χ4n) is 1.71. The van der Waals surface area contributed by atoms with Crippen molar-refractivity contribution in [2.75, 3.05) is 6.54 Å². The Balaban J connectivity index is 1.80. The lowest BCUT2D eigenvalue weighted by Crippen LogP contribution is -2.40. The normalized spacial score (nSPS) is 20.5. The highest BCUT2D eigenvalue weighted by Crippen LogP contribution is 2.05. The number of nitrogens with zero attached hydrogens (tertiary/aromatic N) is 1. The van der Waals surface area contributed by atoms with Gasteiger partial charge in [0.05, 0.1) is 12.6 Å². The maximum atomic E-state index is 11.6. The molecule has 0 aliphatic carbocycles. The van der Waals surface area contributed by atoms with Crippen LogP contribution in [0.3, 0.4) is 0 Å². The predicted octanol–water partition coefficient (Wildman–Crippen LogP) is 0.351. The van der Waals surface area contributed by atoms with Gasteiger partial charge in [0, 0.05) is 6.07 Å². The molecular weight excluding hydrogens is 194 g/mol. The minimum absolute atomic E-state index is 0.0296. The van der Waals surface area contributed by atoms with Gasteiger partial charge in [0.1, 0.15) is 11.5 Å². The lowest BCUT2D eigenvalue weighted by atomic mass is 10.2. The van der Waals surface area contributed by atoms with Crippen LogP contribution in [0.1, 0.15) is 24.3 Å². The Hall–Kier alpha value is -1.36. The Morgan fingerprint density at radius 3 is 3.27 bits per heavy atom. The molecule has 0 aromatic carbocycles. The molecule has 0 saturated carbocycles. The van der Waals surface area contributed by atoms with Gasteiger partial charge >= 0.3 is 0 Å². The summed E-state index contributed by atoms with van der Waals surface area (Å²) in [7, 11) is 0. The summed E-state index contributed by atoms with van der Waals surface area (Å²) in [6.45, 7) is 3.20. The third-order valence-electron chi connectivity index (χ3n) is 2.50. The molecule has 2 N–H and O–H groups in total. The molecule has 1 unspecified atom stereocenters. The van der Waals surface area contributed by atoms with Crippen LogP contribution >= 0.6 is 0 Å². The van der Waals surface area contributed by atoms with E-state index in [-0.39, 0.29) is 11.9 Å². The fraction of sp³-hybridized carbons (Fsp3) is 0.600. The number of hydrogen-bond acceptors (Lipinski definition) is 4. The maximum absolute atomic E-state index is 11.6. The van der Waals surface area contributed by atoms with Crippen molar-refractivity contribution in [2.24, 2.45) is 0 Å². The Bertz CT molecular complexity index is 342. The van der Waals surface area contributed by atoms with Crippen LogP contribution in [0.25, 0.3) is 0 Å². The second kappa shape index (κ2) is 4.44. The van der Waals surface area contributed by atoms with Crippen molar-refractivity contribution in [1.82, 2.24) is 15.8 Å². The summed E-state index contributed by atoms with van der Waals surface area (Å²) < 4.78 is 4.91. The molecule has 2 heterocycles. The van der Waals surface area contributed by atoms with Gasteiger partial charge in [0.15, 0.2) is 0 Å². The topological polar surface area (TPSA) is 67.2 Å². The van der Waals surface area contributed by atoms with Gasteiger partial charge in [-0.2, -0.15) is 0 Å². The zero-order valence-electron chi connectivity index (χ0n) is 8.75. The van der Waals surface area contributed by atoms with E-state index in [1.807, 2.05) is 13.0 Å². The molecule has 1 aliphatic rings. The molecule has 1 atom stereocenters. The molecule has 5 nitrogen and oxygen atoms in total. The minimum Gasteiger partial charge on any atom is -0.361 e. The van der Waals surface area contributed by atoms with Crippen LogP contribution in [0.2, 0.25) is 0 Å². The maximum Gasteiger partial charge on any atom is 0.237 e. The Morgan fingerprint density at radius 1 is 1.80 bits per heavy atom. The van der Waals surface area contributed by atoms with E-state index < -0.39 is 0 Å². The molecule has 1 aromatic rings. The van der Waals surface area contributed by atoms with Crippen molar-refractivity contribution in [1.29, 1.82) is 0 Å². The average molecular weight is 209 g/mol. The lowest BCUT2D eigenvalue weighted by molar-refractivity contribution is -0.122. The van der Waals surface area contributed by atoms with Crippen LogP contribution < -0.4 is 10.6 Å². The molecule has 1 saturated heterocycles. The van der Waals surface area contributed by atoms with Gasteiger partial charge in [-0.3, -0.25) is 4.79 Å². The predicted molar refractivity (Wildman–Crippen MR) is 54.1 cm³/mol. The van der Waals surface area contributed by atoms with E-state index in [1.54, 1.807) is 0 Å². The van der Waals surface area contributed by atoms with E-state index in [1.165, 1.54) is 0 Å². The molecule has 0 radical (unpaired) electrons. The average Bonchev–Trinajstić information content (AvgIpc) is 2.84. The van der Waals surface area contributed by atoms with Gasteiger partial charge in [-0.05, 0) is 26.3 Å². The van der Waals surface area contributed by atoms with Gasteiger partial charge in [-0.15, -0.1) is 0 Å². The number of rotatable bonds is 3. The molecule has 5 heteroatoms. The summed E-state index contributed by atoms with van der Waals surface area (Å²) in [6.07, 6.45) is 1.99. The first kappa shape index (κ1) is 10.2. The molecular formula is C10H15N3O2. The summed E-state index contributed by atoms with van der Waals surface area (Å²) in [5.74, 6) is 0.811. The number of amides is 1. The van der Waals surface area contributed by atoms with E-state index in [4.69, 9.17) is 4.52 Å². The number of carbonyl (C=O) groups is 1. The quantitative estimate of drug-likeness (QED) is 0.754. The first-order valence-corrected chi connectivity index (χ1v) is 5.19. The molecule has 1 aliphatic heterocycles. The molecule has 1 amide bonds. The largest absolute Gasteiger partial charge is 0.361 e. The van der Waals surface area contributed by atoms with Crippen LogP contribution in [-0.2, 0) is 11.3 Å². The molecule has 82 valence electrons. The third-order valence-corrected chi connectivity index (χ3v) is 2.50. The second-order valence-corrected chi connectivity index (χ2v) is 3.80. The third kappa shape index (κ3) is 2.56. The van der Waals surface area contributed by atoms with Crippen LogP contribution in [0.5, 0.6) is 0 Å². The summed E-state index contributed by atoms with van der Waals surface area (Å²) in [5.41, 5.74) is 0.763. The number of aromatic nitrogens is 1. The summed E-state index contributed by atoms with van der Waals surface area (Å²) in [4.78, 5) is 11.6. The molecule has 1 aromatic heterocycles. The van der Waals surface area contributed by atoms with Crippen LogP contribution in [0, 0.1) is 6.92 Å². The van der Waals surface area contributed by atoms with E-state index in [9.17, 15) is 4.79 Å². The van der Waals surface area contributed by atoms with E-state index >= 15 is 0 Å². The highest BCUT2D eigenvalue weighted by atomic mass is 16.5. The summed E-state index contributed by atoms with van der Waals surface area (Å²) in [6, 6.07) is 1.79. The SMILES string of the molecule is Cc1cc(CNC(=O)C2CCCN2)no1. The van der Waals surface area contributed by atoms with Crippen molar-refractivity contribution >= 4 is 5.91 Å². The van der Waals surface area contributed by atoms with Gasteiger partial charge in [0.2, 0.25) is 5.91 Å².